The maximum atomic E-state index is 11.9. The molecule has 1 aliphatic rings. The quantitative estimate of drug-likeness (QED) is 0.801. The number of sulfonamides is 1. The van der Waals surface area contributed by atoms with Gasteiger partial charge in [0.15, 0.2) is 0 Å². The van der Waals surface area contributed by atoms with Crippen molar-refractivity contribution in [2.45, 2.75) is 30.1 Å². The Balaban J connectivity index is 1.76. The fraction of sp³-hybridized carbons (Fsp3) is 0.615. The first kappa shape index (κ1) is 16.4. The molecular weight excluding hydrogens is 312 g/mol. The third-order valence-electron chi connectivity index (χ3n) is 3.75. The van der Waals surface area contributed by atoms with Crippen molar-refractivity contribution in [1.82, 2.24) is 9.62 Å². The summed E-state index contributed by atoms with van der Waals surface area (Å²) in [5, 5.41) is 11.8. The lowest BCUT2D eigenvalue weighted by molar-refractivity contribution is -0.163. The van der Waals surface area contributed by atoms with Gasteiger partial charge < -0.3 is 10.0 Å². The maximum Gasteiger partial charge on any atom is 0.250 e. The Morgan fingerprint density at radius 2 is 2.19 bits per heavy atom. The van der Waals surface area contributed by atoms with Crippen molar-refractivity contribution in [3.63, 3.8) is 0 Å². The summed E-state index contributed by atoms with van der Waals surface area (Å²) in [7, 11) is -3.51. The molecule has 2 heterocycles. The summed E-state index contributed by atoms with van der Waals surface area (Å²) in [6.07, 6.45) is 0.0960. The fourth-order valence-electron chi connectivity index (χ4n) is 2.09. The van der Waals surface area contributed by atoms with Crippen molar-refractivity contribution in [2.75, 3.05) is 19.6 Å². The molecule has 1 amide bonds. The Hall–Kier alpha value is -0.960. The summed E-state index contributed by atoms with van der Waals surface area (Å²) < 4.78 is 26.4. The first-order valence-electron chi connectivity index (χ1n) is 6.78. The first-order valence-corrected chi connectivity index (χ1v) is 9.14. The summed E-state index contributed by atoms with van der Waals surface area (Å²) in [4.78, 5) is 13.4. The molecule has 118 valence electrons. The van der Waals surface area contributed by atoms with Crippen LogP contribution in [-0.4, -0.2) is 49.6 Å². The molecule has 1 aliphatic heterocycles. The topological polar surface area (TPSA) is 86.7 Å². The molecule has 1 fully saturated rings. The van der Waals surface area contributed by atoms with E-state index >= 15 is 0 Å². The van der Waals surface area contributed by atoms with Crippen molar-refractivity contribution in [1.29, 1.82) is 0 Å². The molecule has 1 aromatic rings. The van der Waals surface area contributed by atoms with Crippen LogP contribution >= 0.6 is 11.3 Å². The number of aliphatic hydroxyl groups is 1. The average Bonchev–Trinajstić information content (AvgIpc) is 2.88. The van der Waals surface area contributed by atoms with Crippen LogP contribution in [-0.2, 0) is 14.8 Å². The van der Waals surface area contributed by atoms with E-state index in [0.717, 1.165) is 11.3 Å². The largest absolute Gasteiger partial charge is 0.386 e. The zero-order valence-electron chi connectivity index (χ0n) is 12.1. The number of amides is 1. The molecule has 21 heavy (non-hydrogen) atoms. The molecule has 1 aromatic heterocycles. The minimum atomic E-state index is -3.51. The predicted molar refractivity (Wildman–Crippen MR) is 80.5 cm³/mol. The Morgan fingerprint density at radius 3 is 2.71 bits per heavy atom. The highest BCUT2D eigenvalue weighted by Crippen LogP contribution is 2.28. The second-order valence-corrected chi connectivity index (χ2v) is 8.53. The number of hydrogen-bond donors (Lipinski definition) is 2. The van der Waals surface area contributed by atoms with E-state index in [1.807, 2.05) is 13.8 Å². The van der Waals surface area contributed by atoms with E-state index in [2.05, 4.69) is 4.72 Å². The monoisotopic (exact) mass is 332 g/mol. The molecule has 6 nitrogen and oxygen atoms in total. The number of carbonyl (C=O) groups excluding carboxylic acids is 1. The number of hydrogen-bond acceptors (Lipinski definition) is 5. The molecule has 0 bridgehead atoms. The normalized spacial score (nSPS) is 17.8. The van der Waals surface area contributed by atoms with Crippen LogP contribution in [0.4, 0.5) is 0 Å². The molecule has 0 aliphatic carbocycles. The van der Waals surface area contributed by atoms with Crippen molar-refractivity contribution >= 4 is 27.3 Å². The lowest BCUT2D eigenvalue weighted by atomic mass is 9.83. The molecule has 0 spiro atoms. The van der Waals surface area contributed by atoms with Crippen molar-refractivity contribution in [3.05, 3.63) is 17.5 Å². The van der Waals surface area contributed by atoms with E-state index in [1.54, 1.807) is 16.3 Å². The number of nitrogens with zero attached hydrogens (tertiary/aromatic N) is 1. The van der Waals surface area contributed by atoms with E-state index in [0.29, 0.717) is 13.1 Å². The van der Waals surface area contributed by atoms with Gasteiger partial charge in [0.2, 0.25) is 15.9 Å². The molecular formula is C13H20N2O4S2. The first-order chi connectivity index (χ1) is 9.74. The van der Waals surface area contributed by atoms with Crippen LogP contribution in [0.2, 0.25) is 0 Å². The number of rotatable bonds is 6. The van der Waals surface area contributed by atoms with Gasteiger partial charge in [-0.3, -0.25) is 4.79 Å². The zero-order chi connectivity index (χ0) is 15.7. The molecule has 1 saturated heterocycles. The molecule has 0 unspecified atom stereocenters. The van der Waals surface area contributed by atoms with Gasteiger partial charge in [0.1, 0.15) is 9.81 Å². The zero-order valence-corrected chi connectivity index (χ0v) is 13.7. The number of nitrogens with one attached hydrogen (secondary N) is 1. The predicted octanol–water partition coefficient (Wildman–Crippen LogP) is 0.646. The van der Waals surface area contributed by atoms with Crippen LogP contribution in [0.15, 0.2) is 21.7 Å². The molecule has 0 aromatic carbocycles. The van der Waals surface area contributed by atoms with Crippen LogP contribution < -0.4 is 4.72 Å². The van der Waals surface area contributed by atoms with E-state index in [9.17, 15) is 18.3 Å². The van der Waals surface area contributed by atoms with E-state index in [4.69, 9.17) is 0 Å². The fourth-order valence-corrected chi connectivity index (χ4v) is 4.16. The maximum absolute atomic E-state index is 11.9. The summed E-state index contributed by atoms with van der Waals surface area (Å²) in [5.41, 5.74) is -0.799. The second-order valence-electron chi connectivity index (χ2n) is 5.59. The lowest BCUT2D eigenvalue weighted by Gasteiger charge is -2.49. The van der Waals surface area contributed by atoms with Gasteiger partial charge in [-0.05, 0) is 17.4 Å². The van der Waals surface area contributed by atoms with E-state index < -0.39 is 15.6 Å². The molecule has 2 rings (SSSR count). The third kappa shape index (κ3) is 3.63. The van der Waals surface area contributed by atoms with E-state index in [-0.39, 0.29) is 29.0 Å². The minimum Gasteiger partial charge on any atom is -0.386 e. The Labute approximate surface area is 128 Å². The second kappa shape index (κ2) is 6.04. The van der Waals surface area contributed by atoms with Gasteiger partial charge in [-0.2, -0.15) is 0 Å². The molecule has 8 heteroatoms. The third-order valence-corrected chi connectivity index (χ3v) is 6.61. The van der Waals surface area contributed by atoms with E-state index in [1.165, 1.54) is 6.07 Å². The number of thiophene rings is 1. The van der Waals surface area contributed by atoms with Crippen molar-refractivity contribution in [3.8, 4) is 0 Å². The lowest BCUT2D eigenvalue weighted by Crippen LogP contribution is -2.66. The van der Waals surface area contributed by atoms with Gasteiger partial charge in [-0.25, -0.2) is 13.1 Å². The molecule has 2 N–H and O–H groups in total. The Kier molecular flexibility index (Phi) is 4.72. The van der Waals surface area contributed by atoms with Gasteiger partial charge >= 0.3 is 0 Å². The van der Waals surface area contributed by atoms with Gasteiger partial charge in [-0.15, -0.1) is 11.3 Å². The van der Waals surface area contributed by atoms with Crippen LogP contribution in [0.5, 0.6) is 0 Å². The SMILES string of the molecule is CC(C)C1(O)CN(C(=O)CCNS(=O)(=O)c2cccs2)C1. The van der Waals surface area contributed by atoms with Gasteiger partial charge in [-0.1, -0.05) is 19.9 Å². The molecule has 0 radical (unpaired) electrons. The van der Waals surface area contributed by atoms with Crippen molar-refractivity contribution in [2.24, 2.45) is 5.92 Å². The Morgan fingerprint density at radius 1 is 1.52 bits per heavy atom. The summed E-state index contributed by atoms with van der Waals surface area (Å²) >= 11 is 1.13. The summed E-state index contributed by atoms with van der Waals surface area (Å²) in [5.74, 6) is -0.0481. The highest BCUT2D eigenvalue weighted by molar-refractivity contribution is 7.91. The molecule has 0 atom stereocenters. The van der Waals surface area contributed by atoms with Crippen LogP contribution in [0, 0.1) is 5.92 Å². The van der Waals surface area contributed by atoms with Crippen LogP contribution in [0.25, 0.3) is 0 Å². The highest BCUT2D eigenvalue weighted by Gasteiger charge is 2.45. The summed E-state index contributed by atoms with van der Waals surface area (Å²) in [6, 6.07) is 3.18. The number of carbonyl (C=O) groups is 1. The Bertz CT molecular complexity index is 590. The van der Waals surface area contributed by atoms with Gasteiger partial charge in [0.05, 0.1) is 13.1 Å². The average molecular weight is 332 g/mol. The van der Waals surface area contributed by atoms with Gasteiger partial charge in [0, 0.05) is 13.0 Å². The molecule has 0 saturated carbocycles. The van der Waals surface area contributed by atoms with Crippen LogP contribution in [0.3, 0.4) is 0 Å². The minimum absolute atomic E-state index is 0.0652. The van der Waals surface area contributed by atoms with Crippen molar-refractivity contribution < 1.29 is 18.3 Å². The smallest absolute Gasteiger partial charge is 0.250 e. The highest BCUT2D eigenvalue weighted by atomic mass is 32.2. The summed E-state index contributed by atoms with van der Waals surface area (Å²) in [6.45, 7) is 4.53. The standard InChI is InChI=1S/C13H20N2O4S2/c1-10(2)13(17)8-15(9-13)11(16)5-6-14-21(18,19)12-4-3-7-20-12/h3-4,7,10,14,17H,5-6,8-9H2,1-2H3. The van der Waals surface area contributed by atoms with Gasteiger partial charge in [0.25, 0.3) is 0 Å². The van der Waals surface area contributed by atoms with Crippen LogP contribution in [0.1, 0.15) is 20.3 Å². The number of likely N-dealkylation sites (tertiary alicyclic amines) is 1. The number of β-amino-alcohol motifs (C(OH)–C–C–N with tert-alkyl or cyclic N) is 1.